The van der Waals surface area contributed by atoms with E-state index in [-0.39, 0.29) is 5.91 Å². The number of aryl methyl sites for hydroxylation is 2. The number of fused-ring (bicyclic) bond motifs is 1. The van der Waals surface area contributed by atoms with Gasteiger partial charge in [0.2, 0.25) is 0 Å². The zero-order valence-corrected chi connectivity index (χ0v) is 16.6. The number of carbonyl (C=O) groups is 1. The van der Waals surface area contributed by atoms with E-state index in [2.05, 4.69) is 10.6 Å². The molecule has 0 radical (unpaired) electrons. The zero-order chi connectivity index (χ0) is 20.2. The Bertz CT molecular complexity index is 1020. The number of hydrogen-bond acceptors (Lipinski definition) is 4. The van der Waals surface area contributed by atoms with Gasteiger partial charge in [-0.1, -0.05) is 42.5 Å². The topological polar surface area (TPSA) is 59.6 Å². The molecule has 0 fully saturated rings. The van der Waals surface area contributed by atoms with Crippen LogP contribution >= 0.6 is 0 Å². The van der Waals surface area contributed by atoms with Gasteiger partial charge in [0.05, 0.1) is 0 Å². The molecule has 0 bridgehead atoms. The van der Waals surface area contributed by atoms with Gasteiger partial charge in [-0.3, -0.25) is 4.79 Å². The van der Waals surface area contributed by atoms with E-state index in [1.165, 1.54) is 0 Å². The Labute approximate surface area is 170 Å². The largest absolute Gasteiger partial charge is 0.486 e. The van der Waals surface area contributed by atoms with Crippen LogP contribution in [0, 0.1) is 13.8 Å². The number of anilines is 2. The van der Waals surface area contributed by atoms with Gasteiger partial charge >= 0.3 is 0 Å². The van der Waals surface area contributed by atoms with Crippen LogP contribution in [0.4, 0.5) is 11.4 Å². The number of hydrogen-bond donors (Lipinski definition) is 2. The van der Waals surface area contributed by atoms with Gasteiger partial charge in [0.25, 0.3) is 5.91 Å². The summed E-state index contributed by atoms with van der Waals surface area (Å²) < 4.78 is 11.3. The summed E-state index contributed by atoms with van der Waals surface area (Å²) in [5.74, 6) is 1.28. The third kappa shape index (κ3) is 4.35. The Kier molecular flexibility index (Phi) is 5.38. The monoisotopic (exact) mass is 388 g/mol. The fraction of sp³-hybridized carbons (Fsp3) is 0.208. The van der Waals surface area contributed by atoms with Crippen molar-refractivity contribution in [2.75, 3.05) is 23.8 Å². The maximum Gasteiger partial charge on any atom is 0.251 e. The molecule has 0 aliphatic carbocycles. The number of carbonyl (C=O) groups excluding carboxylic acids is 1. The SMILES string of the molecule is Cc1ccc(C)c(NC(=O)C(Nc2ccc3c(c2)OCCO3)c2ccccc2)c1. The first-order valence-electron chi connectivity index (χ1n) is 9.69. The number of rotatable bonds is 5. The van der Waals surface area contributed by atoms with Crippen molar-refractivity contribution in [3.63, 3.8) is 0 Å². The molecule has 3 aromatic rings. The fourth-order valence-corrected chi connectivity index (χ4v) is 3.32. The lowest BCUT2D eigenvalue weighted by molar-refractivity contribution is -0.117. The van der Waals surface area contributed by atoms with Crippen LogP contribution in [0.3, 0.4) is 0 Å². The minimum atomic E-state index is -0.557. The third-order valence-corrected chi connectivity index (χ3v) is 4.90. The minimum absolute atomic E-state index is 0.125. The van der Waals surface area contributed by atoms with E-state index in [0.717, 1.165) is 33.8 Å². The van der Waals surface area contributed by atoms with E-state index < -0.39 is 6.04 Å². The minimum Gasteiger partial charge on any atom is -0.486 e. The van der Waals surface area contributed by atoms with Gasteiger partial charge in [0.1, 0.15) is 19.3 Å². The van der Waals surface area contributed by atoms with E-state index in [4.69, 9.17) is 9.47 Å². The first kappa shape index (κ1) is 18.9. The predicted molar refractivity (Wildman–Crippen MR) is 115 cm³/mol. The summed E-state index contributed by atoms with van der Waals surface area (Å²) >= 11 is 0. The van der Waals surface area contributed by atoms with Crippen molar-refractivity contribution in [1.82, 2.24) is 0 Å². The van der Waals surface area contributed by atoms with Crippen LogP contribution in [0.1, 0.15) is 22.7 Å². The van der Waals surface area contributed by atoms with Crippen LogP contribution in [-0.2, 0) is 4.79 Å². The molecule has 3 aromatic carbocycles. The van der Waals surface area contributed by atoms with Crippen LogP contribution in [0.15, 0.2) is 66.7 Å². The summed E-state index contributed by atoms with van der Waals surface area (Å²) in [6.45, 7) is 5.06. The second-order valence-corrected chi connectivity index (χ2v) is 7.15. The van der Waals surface area contributed by atoms with E-state index >= 15 is 0 Å². The summed E-state index contributed by atoms with van der Waals surface area (Å²) in [5.41, 5.74) is 4.61. The Hall–Kier alpha value is -3.47. The zero-order valence-electron chi connectivity index (χ0n) is 16.6. The second kappa shape index (κ2) is 8.27. The van der Waals surface area contributed by atoms with Crippen molar-refractivity contribution >= 4 is 17.3 Å². The summed E-state index contributed by atoms with van der Waals surface area (Å²) in [7, 11) is 0. The third-order valence-electron chi connectivity index (χ3n) is 4.90. The van der Waals surface area contributed by atoms with Gasteiger partial charge in [-0.2, -0.15) is 0 Å². The normalized spacial score (nSPS) is 13.4. The average molecular weight is 388 g/mol. The Balaban J connectivity index is 1.62. The van der Waals surface area contributed by atoms with Crippen LogP contribution in [-0.4, -0.2) is 19.1 Å². The van der Waals surface area contributed by atoms with E-state index in [9.17, 15) is 4.79 Å². The van der Waals surface area contributed by atoms with Gasteiger partial charge in [-0.25, -0.2) is 0 Å². The molecule has 1 atom stereocenters. The molecule has 5 heteroatoms. The molecule has 0 spiro atoms. The molecular weight excluding hydrogens is 364 g/mol. The van der Waals surface area contributed by atoms with Gasteiger partial charge in [0.15, 0.2) is 11.5 Å². The molecule has 1 heterocycles. The van der Waals surface area contributed by atoms with Crippen molar-refractivity contribution in [3.8, 4) is 11.5 Å². The highest BCUT2D eigenvalue weighted by Gasteiger charge is 2.22. The van der Waals surface area contributed by atoms with Gasteiger partial charge in [-0.05, 0) is 48.7 Å². The first-order valence-corrected chi connectivity index (χ1v) is 9.69. The highest BCUT2D eigenvalue weighted by Crippen LogP contribution is 2.34. The maximum absolute atomic E-state index is 13.2. The lowest BCUT2D eigenvalue weighted by Crippen LogP contribution is -2.27. The lowest BCUT2D eigenvalue weighted by Gasteiger charge is -2.23. The first-order chi connectivity index (χ1) is 14.1. The number of benzene rings is 3. The number of nitrogens with one attached hydrogen (secondary N) is 2. The summed E-state index contributed by atoms with van der Waals surface area (Å²) in [6.07, 6.45) is 0. The molecule has 4 rings (SSSR count). The van der Waals surface area contributed by atoms with Crippen LogP contribution in [0.25, 0.3) is 0 Å². The molecule has 0 saturated carbocycles. The van der Waals surface area contributed by atoms with Crippen molar-refractivity contribution in [1.29, 1.82) is 0 Å². The fourth-order valence-electron chi connectivity index (χ4n) is 3.32. The van der Waals surface area contributed by atoms with E-state index in [1.54, 1.807) is 0 Å². The van der Waals surface area contributed by atoms with Crippen molar-refractivity contribution in [2.45, 2.75) is 19.9 Å². The lowest BCUT2D eigenvalue weighted by atomic mass is 10.0. The van der Waals surface area contributed by atoms with Crippen molar-refractivity contribution in [2.24, 2.45) is 0 Å². The maximum atomic E-state index is 13.2. The van der Waals surface area contributed by atoms with E-state index in [1.807, 2.05) is 80.6 Å². The van der Waals surface area contributed by atoms with Crippen LogP contribution in [0.2, 0.25) is 0 Å². The van der Waals surface area contributed by atoms with Crippen LogP contribution in [0.5, 0.6) is 11.5 Å². The van der Waals surface area contributed by atoms with E-state index in [0.29, 0.717) is 19.0 Å². The molecule has 5 nitrogen and oxygen atoms in total. The van der Waals surface area contributed by atoms with Crippen LogP contribution < -0.4 is 20.1 Å². The highest BCUT2D eigenvalue weighted by molar-refractivity contribution is 5.98. The van der Waals surface area contributed by atoms with Crippen molar-refractivity contribution in [3.05, 3.63) is 83.4 Å². The molecule has 148 valence electrons. The summed E-state index contributed by atoms with van der Waals surface area (Å²) in [5, 5.41) is 6.43. The van der Waals surface area contributed by atoms with Gasteiger partial charge in [-0.15, -0.1) is 0 Å². The molecule has 2 N–H and O–H groups in total. The molecule has 1 aliphatic heterocycles. The Morgan fingerprint density at radius 3 is 2.45 bits per heavy atom. The van der Waals surface area contributed by atoms with Gasteiger partial charge in [0, 0.05) is 17.4 Å². The number of amides is 1. The Morgan fingerprint density at radius 2 is 1.66 bits per heavy atom. The molecule has 1 amide bonds. The van der Waals surface area contributed by atoms with Crippen molar-refractivity contribution < 1.29 is 14.3 Å². The smallest absolute Gasteiger partial charge is 0.251 e. The van der Waals surface area contributed by atoms with Gasteiger partial charge < -0.3 is 20.1 Å². The molecule has 29 heavy (non-hydrogen) atoms. The molecule has 0 aromatic heterocycles. The number of ether oxygens (including phenoxy) is 2. The summed E-state index contributed by atoms with van der Waals surface area (Å²) in [4.78, 5) is 13.2. The molecule has 0 saturated heterocycles. The predicted octanol–water partition coefficient (Wildman–Crippen LogP) is 4.87. The molecular formula is C24H24N2O3. The second-order valence-electron chi connectivity index (χ2n) is 7.15. The average Bonchev–Trinajstić information content (AvgIpc) is 2.75. The molecule has 1 unspecified atom stereocenters. The quantitative estimate of drug-likeness (QED) is 0.655. The Morgan fingerprint density at radius 1 is 0.897 bits per heavy atom. The highest BCUT2D eigenvalue weighted by atomic mass is 16.6. The molecule has 1 aliphatic rings. The summed E-state index contributed by atoms with van der Waals surface area (Å²) in [6, 6.07) is 20.8. The standard InChI is InChI=1S/C24H24N2O3/c1-16-8-9-17(2)20(14-16)26-24(27)23(18-6-4-3-5-7-18)25-19-10-11-21-22(15-19)29-13-12-28-21/h3-11,14-15,23,25H,12-13H2,1-2H3,(H,26,27).